The minimum atomic E-state index is -0.219. The highest BCUT2D eigenvalue weighted by Gasteiger charge is 2.27. The van der Waals surface area contributed by atoms with Crippen LogP contribution in [0.25, 0.3) is 0 Å². The third kappa shape index (κ3) is 6.34. The molecule has 0 unspecified atom stereocenters. The molecule has 0 radical (unpaired) electrons. The Morgan fingerprint density at radius 2 is 1.54 bits per heavy atom. The second-order valence-electron chi connectivity index (χ2n) is 9.62. The Morgan fingerprint density at radius 1 is 0.886 bits per heavy atom. The number of hydrogen-bond donors (Lipinski definition) is 1. The number of aliphatic imine (C=N–C) groups is 1. The maximum absolute atomic E-state index is 13.3. The summed E-state index contributed by atoms with van der Waals surface area (Å²) in [5.74, 6) is 1.49. The number of nitrogens with one attached hydrogen (secondary N) is 1. The summed E-state index contributed by atoms with van der Waals surface area (Å²) in [6.07, 6.45) is 6.65. The highest BCUT2D eigenvalue weighted by atomic mass is 16.5. The first kappa shape index (κ1) is 25.0. The molecule has 1 heterocycles. The van der Waals surface area contributed by atoms with Crippen molar-refractivity contribution in [2.24, 2.45) is 4.99 Å². The zero-order chi connectivity index (χ0) is 24.8. The molecule has 2 fully saturated rings. The molecule has 1 aliphatic carbocycles. The Kier molecular flexibility index (Phi) is 8.29. The number of benzene rings is 2. The van der Waals surface area contributed by atoms with Gasteiger partial charge < -0.3 is 14.4 Å². The van der Waals surface area contributed by atoms with Crippen LogP contribution >= 0.6 is 0 Å². The van der Waals surface area contributed by atoms with Gasteiger partial charge in [0.15, 0.2) is 11.5 Å². The predicted molar refractivity (Wildman–Crippen MR) is 140 cm³/mol. The van der Waals surface area contributed by atoms with Crippen LogP contribution in [0.1, 0.15) is 53.6 Å². The van der Waals surface area contributed by atoms with Crippen LogP contribution in [0, 0.1) is 13.8 Å². The first-order chi connectivity index (χ1) is 17.0. The van der Waals surface area contributed by atoms with E-state index >= 15 is 0 Å². The highest BCUT2D eigenvalue weighted by molar-refractivity contribution is 6.06. The Morgan fingerprint density at radius 3 is 2.17 bits per heavy atom. The van der Waals surface area contributed by atoms with Crippen molar-refractivity contribution in [1.82, 2.24) is 15.1 Å². The molecule has 0 atom stereocenters. The van der Waals surface area contributed by atoms with Crippen molar-refractivity contribution < 1.29 is 14.3 Å². The van der Waals surface area contributed by atoms with Crippen LogP contribution in [0.2, 0.25) is 0 Å². The van der Waals surface area contributed by atoms with Crippen LogP contribution in [0.4, 0.5) is 5.69 Å². The number of aryl methyl sites for hydroxylation is 2. The van der Waals surface area contributed by atoms with Crippen LogP contribution < -0.4 is 14.8 Å². The average Bonchev–Trinajstić information content (AvgIpc) is 2.88. The van der Waals surface area contributed by atoms with Crippen molar-refractivity contribution in [3.8, 4) is 11.5 Å². The summed E-state index contributed by atoms with van der Waals surface area (Å²) in [6, 6.07) is 12.1. The molecule has 0 bridgehead atoms. The van der Waals surface area contributed by atoms with Gasteiger partial charge in [-0.3, -0.25) is 15.0 Å². The molecule has 1 saturated carbocycles. The van der Waals surface area contributed by atoms with E-state index in [4.69, 9.17) is 14.5 Å². The van der Waals surface area contributed by atoms with Crippen LogP contribution in [0.3, 0.4) is 0 Å². The Balaban J connectivity index is 1.55. The summed E-state index contributed by atoms with van der Waals surface area (Å²) in [7, 11) is 3.15. The van der Waals surface area contributed by atoms with E-state index in [1.807, 2.05) is 12.1 Å². The molecule has 4 rings (SSSR count). The zero-order valence-electron chi connectivity index (χ0n) is 21.5. The minimum absolute atomic E-state index is 0.219. The van der Waals surface area contributed by atoms with E-state index in [0.29, 0.717) is 29.1 Å². The molecule has 1 aliphatic heterocycles. The van der Waals surface area contributed by atoms with E-state index in [9.17, 15) is 4.79 Å². The second kappa shape index (κ2) is 11.6. The molecule has 2 aliphatic rings. The molecule has 0 aromatic heterocycles. The largest absolute Gasteiger partial charge is 0.493 e. The maximum Gasteiger partial charge on any atom is 0.258 e. The van der Waals surface area contributed by atoms with Crippen LogP contribution in [-0.2, 0) is 0 Å². The molecular formula is C28H38N4O3. The topological polar surface area (TPSA) is 66.4 Å². The number of piperazine rings is 1. The van der Waals surface area contributed by atoms with E-state index in [0.717, 1.165) is 43.0 Å². The van der Waals surface area contributed by atoms with E-state index in [-0.39, 0.29) is 5.91 Å². The van der Waals surface area contributed by atoms with Gasteiger partial charge in [0.05, 0.1) is 19.9 Å². The smallest absolute Gasteiger partial charge is 0.258 e. The number of hydrogen-bond acceptors (Lipinski definition) is 5. The maximum atomic E-state index is 13.3. The van der Waals surface area contributed by atoms with E-state index in [1.54, 1.807) is 32.4 Å². The lowest BCUT2D eigenvalue weighted by Gasteiger charge is -2.41. The van der Waals surface area contributed by atoms with E-state index < -0.39 is 0 Å². The van der Waals surface area contributed by atoms with Crippen LogP contribution in [0.5, 0.6) is 11.5 Å². The number of guanidine groups is 1. The molecule has 1 amide bonds. The third-order valence-corrected chi connectivity index (χ3v) is 7.02. The molecule has 7 heteroatoms. The summed E-state index contributed by atoms with van der Waals surface area (Å²) in [5, 5.41) is 3.10. The molecule has 7 nitrogen and oxygen atoms in total. The van der Waals surface area contributed by atoms with Gasteiger partial charge in [-0.25, -0.2) is 4.99 Å². The number of nitrogens with zero attached hydrogens (tertiary/aromatic N) is 3. The molecule has 1 saturated heterocycles. The van der Waals surface area contributed by atoms with Crippen LogP contribution in [0.15, 0.2) is 41.4 Å². The lowest BCUT2D eigenvalue weighted by molar-refractivity contribution is 0.0943. The quantitative estimate of drug-likeness (QED) is 0.499. The van der Waals surface area contributed by atoms with Crippen molar-refractivity contribution >= 4 is 17.6 Å². The van der Waals surface area contributed by atoms with Gasteiger partial charge in [-0.05, 0) is 68.1 Å². The summed E-state index contributed by atoms with van der Waals surface area (Å²) in [5.41, 5.74) is 3.64. The van der Waals surface area contributed by atoms with Gasteiger partial charge in [0.1, 0.15) is 0 Å². The van der Waals surface area contributed by atoms with Gasteiger partial charge in [-0.15, -0.1) is 0 Å². The number of rotatable bonds is 5. The summed E-state index contributed by atoms with van der Waals surface area (Å²) < 4.78 is 10.7. The number of carbonyl (C=O) groups excluding carboxylic acids is 1. The van der Waals surface area contributed by atoms with Crippen molar-refractivity contribution in [3.05, 3.63) is 53.1 Å². The van der Waals surface area contributed by atoms with Crippen molar-refractivity contribution in [1.29, 1.82) is 0 Å². The number of amides is 1. The number of ether oxygens (including phenoxy) is 2. The third-order valence-electron chi connectivity index (χ3n) is 7.02. The first-order valence-corrected chi connectivity index (χ1v) is 12.7. The molecule has 1 N–H and O–H groups in total. The fraction of sp³-hybridized carbons (Fsp3) is 0.500. The summed E-state index contributed by atoms with van der Waals surface area (Å²) in [4.78, 5) is 23.0. The number of methoxy groups -OCH3 is 2. The van der Waals surface area contributed by atoms with Gasteiger partial charge in [-0.2, -0.15) is 0 Å². The lowest BCUT2D eigenvalue weighted by Crippen LogP contribution is -2.55. The zero-order valence-corrected chi connectivity index (χ0v) is 21.5. The molecular weight excluding hydrogens is 440 g/mol. The molecule has 2 aromatic carbocycles. The SMILES string of the molecule is COc1ccc(C(=O)NC(=Nc2cc(C)cc(C)c2)N2CCN(C3CCCCC3)CC2)cc1OC. The van der Waals surface area contributed by atoms with Gasteiger partial charge in [0.2, 0.25) is 5.96 Å². The highest BCUT2D eigenvalue weighted by Crippen LogP contribution is 2.28. The molecule has 188 valence electrons. The van der Waals surface area contributed by atoms with E-state index in [2.05, 4.69) is 35.0 Å². The lowest BCUT2D eigenvalue weighted by atomic mass is 9.94. The predicted octanol–water partition coefficient (Wildman–Crippen LogP) is 4.69. The Bertz CT molecular complexity index is 1030. The minimum Gasteiger partial charge on any atom is -0.493 e. The average molecular weight is 479 g/mol. The Labute approximate surface area is 209 Å². The van der Waals surface area contributed by atoms with E-state index in [1.165, 1.54) is 32.1 Å². The fourth-order valence-corrected chi connectivity index (χ4v) is 5.21. The Hall–Kier alpha value is -3.06. The molecule has 35 heavy (non-hydrogen) atoms. The van der Waals surface area contributed by atoms with Gasteiger partial charge in [-0.1, -0.05) is 25.3 Å². The fourth-order valence-electron chi connectivity index (χ4n) is 5.21. The summed E-state index contributed by atoms with van der Waals surface area (Å²) >= 11 is 0. The van der Waals surface area contributed by atoms with Crippen molar-refractivity contribution in [2.45, 2.75) is 52.0 Å². The van der Waals surface area contributed by atoms with Crippen LogP contribution in [-0.4, -0.2) is 68.1 Å². The number of carbonyl (C=O) groups is 1. The van der Waals surface area contributed by atoms with Crippen molar-refractivity contribution in [3.63, 3.8) is 0 Å². The second-order valence-corrected chi connectivity index (χ2v) is 9.62. The van der Waals surface area contributed by atoms with Gasteiger partial charge >= 0.3 is 0 Å². The van der Waals surface area contributed by atoms with Crippen molar-refractivity contribution in [2.75, 3.05) is 40.4 Å². The molecule has 2 aromatic rings. The monoisotopic (exact) mass is 478 g/mol. The standard InChI is InChI=1S/C28H38N4O3/c1-20-16-21(2)18-23(17-20)29-28(30-27(33)22-10-11-25(34-3)26(19-22)35-4)32-14-12-31(13-15-32)24-8-6-5-7-9-24/h10-11,16-19,24H,5-9,12-15H2,1-4H3,(H,29,30,33). The normalized spacial score (nSPS) is 17.8. The molecule has 0 spiro atoms. The van der Waals surface area contributed by atoms with Gasteiger partial charge in [0.25, 0.3) is 5.91 Å². The van der Waals surface area contributed by atoms with Gasteiger partial charge in [0, 0.05) is 37.8 Å². The summed E-state index contributed by atoms with van der Waals surface area (Å²) in [6.45, 7) is 7.79. The first-order valence-electron chi connectivity index (χ1n) is 12.7.